The molecule has 0 amide bonds. The minimum absolute atomic E-state index is 0.102. The maximum atomic E-state index is 7.36. The molecule has 0 spiro atoms. The first-order valence-corrected chi connectivity index (χ1v) is 21.1. The molecule has 0 saturated heterocycles. The van der Waals surface area contributed by atoms with Gasteiger partial charge in [0.2, 0.25) is 26.9 Å². The number of rotatable bonds is 4. The van der Waals surface area contributed by atoms with E-state index in [-0.39, 0.29) is 26.9 Å². The van der Waals surface area contributed by atoms with Crippen LogP contribution in [-0.4, -0.2) is 26.9 Å². The van der Waals surface area contributed by atoms with E-state index in [1.54, 1.807) is 0 Å². The minimum Gasteiger partial charge on any atom is -0.457 e. The van der Waals surface area contributed by atoms with Gasteiger partial charge in [0.05, 0.1) is 0 Å². The van der Waals surface area contributed by atoms with E-state index in [1.807, 2.05) is 0 Å². The lowest BCUT2D eigenvalue weighted by Gasteiger charge is -2.33. The van der Waals surface area contributed by atoms with Crippen LogP contribution in [0.4, 0.5) is 0 Å². The first kappa shape index (κ1) is 33.8. The predicted octanol–water partition coefficient (Wildman–Crippen LogP) is 4.18. The molecule has 6 heteroatoms. The maximum Gasteiger partial charge on any atom is 0.246 e. The van der Waals surface area contributed by atoms with Gasteiger partial charge in [-0.15, -0.1) is 0 Å². The lowest BCUT2D eigenvalue weighted by molar-refractivity contribution is 0.667. The third-order valence-corrected chi connectivity index (χ3v) is 13.5. The Morgan fingerprint density at radius 1 is 0.250 bits per heavy atom. The second-order valence-electron chi connectivity index (χ2n) is 16.5. The number of hydrogen-bond acceptors (Lipinski definition) is 2. The van der Waals surface area contributed by atoms with E-state index in [1.165, 1.54) is 54.6 Å². The van der Waals surface area contributed by atoms with Gasteiger partial charge in [0.15, 0.2) is 0 Å². The topological polar surface area (TPSA) is 26.3 Å². The summed E-state index contributed by atoms with van der Waals surface area (Å²) in [5.74, 6) is 0. The summed E-state index contributed by atoms with van der Waals surface area (Å²) in [4.78, 5) is 0. The van der Waals surface area contributed by atoms with Crippen LogP contribution in [0, 0.1) is 0 Å². The molecule has 0 fully saturated rings. The molecule has 2 aromatic heterocycles. The zero-order chi connectivity index (χ0) is 39.3. The van der Waals surface area contributed by atoms with Gasteiger partial charge in [-0.25, -0.2) is 0 Å². The monoisotopic (exact) mass is 758 g/mol. The Hall–Kier alpha value is -7.16. The molecule has 0 atom stereocenters. The van der Waals surface area contributed by atoms with Crippen LogP contribution in [0.25, 0.3) is 43.9 Å². The van der Waals surface area contributed by atoms with Crippen LogP contribution in [0.15, 0.2) is 215 Å². The quantitative estimate of drug-likeness (QED) is 0.252. The van der Waals surface area contributed by atoms with Crippen molar-refractivity contribution in [2.45, 2.75) is 0 Å². The average Bonchev–Trinajstić information content (AvgIpc) is 3.89. The van der Waals surface area contributed by atoms with Crippen molar-refractivity contribution in [3.8, 4) is 0 Å². The van der Waals surface area contributed by atoms with Gasteiger partial charge >= 0.3 is 0 Å². The Balaban J connectivity index is 1.19. The molecule has 11 aromatic rings. The fourth-order valence-corrected chi connectivity index (χ4v) is 11.2. The van der Waals surface area contributed by atoms with Gasteiger partial charge in [-0.2, -0.15) is 0 Å². The molecule has 0 aliphatic carbocycles. The van der Waals surface area contributed by atoms with Gasteiger partial charge in [-0.05, 0) is 23.1 Å². The molecule has 60 heavy (non-hydrogen) atoms. The van der Waals surface area contributed by atoms with E-state index in [0.29, 0.717) is 0 Å². The Bertz CT molecular complexity index is 3150. The summed E-state index contributed by atoms with van der Waals surface area (Å²) in [6, 6.07) is 75.5. The Morgan fingerprint density at radius 2 is 0.517 bits per heavy atom. The highest BCUT2D eigenvalue weighted by Gasteiger charge is 2.45. The molecule has 0 bridgehead atoms. The molecule has 2 nitrogen and oxygen atoms in total. The molecular weight excluding hydrogens is 724 g/mol. The second kappa shape index (κ2) is 13.2. The molecule has 0 N–H and O–H groups in total. The van der Waals surface area contributed by atoms with E-state index in [2.05, 4.69) is 206 Å². The molecular formula is C54H34B4O2. The van der Waals surface area contributed by atoms with E-state index in [0.717, 1.165) is 54.8 Å². The smallest absolute Gasteiger partial charge is 0.246 e. The van der Waals surface area contributed by atoms with Crippen molar-refractivity contribution in [3.05, 3.63) is 206 Å². The van der Waals surface area contributed by atoms with Crippen LogP contribution >= 0.6 is 0 Å². The highest BCUT2D eigenvalue weighted by molar-refractivity contribution is 7.14. The normalized spacial score (nSPS) is 13.2. The molecule has 274 valence electrons. The fraction of sp³-hybridized carbons (Fsp3) is 0. The summed E-state index contributed by atoms with van der Waals surface area (Å²) in [5.41, 5.74) is 19.0. The standard InChI is InChI=1S/C54H34B4O2/c1-3-19-35(20-4-1)55-39-25-9-13-29-43(39)57(44-30-14-10-26-40(44)55)51-49-37-23-7-17-33-47(37)60-54(49)52(50-38-24-8-18-34-48(38)59-53(50)51)58-45-31-15-11-27-41(45)56(36-21-5-2-6-22-36)42-28-12-16-32-46(42)58/h1-34H. The number of para-hydroxylation sites is 2. The summed E-state index contributed by atoms with van der Waals surface area (Å²) in [7, 11) is 0. The molecule has 0 radical (unpaired) electrons. The second-order valence-corrected chi connectivity index (χ2v) is 16.5. The van der Waals surface area contributed by atoms with Crippen molar-refractivity contribution in [1.82, 2.24) is 0 Å². The largest absolute Gasteiger partial charge is 0.457 e. The third kappa shape index (κ3) is 4.76. The minimum atomic E-state index is -0.119. The highest BCUT2D eigenvalue weighted by atomic mass is 16.3. The van der Waals surface area contributed by atoms with Crippen molar-refractivity contribution in [1.29, 1.82) is 0 Å². The Kier molecular flexibility index (Phi) is 7.42. The van der Waals surface area contributed by atoms with Crippen molar-refractivity contribution >= 4 is 136 Å². The van der Waals surface area contributed by atoms with Crippen LogP contribution in [0.5, 0.6) is 0 Å². The van der Waals surface area contributed by atoms with Gasteiger partial charge in [-0.1, -0.05) is 249 Å². The van der Waals surface area contributed by atoms with Gasteiger partial charge in [0.1, 0.15) is 22.3 Å². The average molecular weight is 758 g/mol. The van der Waals surface area contributed by atoms with E-state index in [4.69, 9.17) is 8.83 Å². The molecule has 0 unspecified atom stereocenters. The summed E-state index contributed by atoms with van der Waals surface area (Å²) in [6.07, 6.45) is 0. The van der Waals surface area contributed by atoms with Gasteiger partial charge in [0.25, 0.3) is 0 Å². The molecule has 9 aromatic carbocycles. The van der Waals surface area contributed by atoms with Crippen molar-refractivity contribution in [2.24, 2.45) is 0 Å². The summed E-state index contributed by atoms with van der Waals surface area (Å²) < 4.78 is 14.7. The number of benzene rings is 9. The van der Waals surface area contributed by atoms with Crippen LogP contribution in [0.2, 0.25) is 0 Å². The Labute approximate surface area is 349 Å². The fourth-order valence-electron chi connectivity index (χ4n) is 11.2. The van der Waals surface area contributed by atoms with Gasteiger partial charge in [0, 0.05) is 21.5 Å². The molecule has 2 aliphatic rings. The van der Waals surface area contributed by atoms with Gasteiger partial charge < -0.3 is 8.83 Å². The van der Waals surface area contributed by atoms with Crippen LogP contribution in [0.3, 0.4) is 0 Å². The zero-order valence-corrected chi connectivity index (χ0v) is 32.8. The molecule has 13 rings (SSSR count). The zero-order valence-electron chi connectivity index (χ0n) is 32.8. The lowest BCUT2D eigenvalue weighted by atomic mass is 9.20. The molecule has 2 aliphatic heterocycles. The van der Waals surface area contributed by atoms with Crippen LogP contribution < -0.4 is 65.6 Å². The van der Waals surface area contributed by atoms with Crippen LogP contribution in [-0.2, 0) is 0 Å². The van der Waals surface area contributed by atoms with Gasteiger partial charge in [-0.3, -0.25) is 0 Å². The number of hydrogen-bond donors (Lipinski definition) is 0. The van der Waals surface area contributed by atoms with E-state index in [9.17, 15) is 0 Å². The summed E-state index contributed by atoms with van der Waals surface area (Å²) in [5, 5.41) is 4.46. The lowest BCUT2D eigenvalue weighted by Crippen LogP contribution is -2.75. The number of fused-ring (bicyclic) bond motifs is 10. The van der Waals surface area contributed by atoms with Crippen molar-refractivity contribution in [3.63, 3.8) is 0 Å². The third-order valence-electron chi connectivity index (χ3n) is 13.5. The SMILES string of the molecule is c1ccc(B2c3ccccc3B(c3c4oc5ccccc5c4c(B4c5ccccc5B(c5ccccc5)c5ccccc54)c4oc5ccccc5c34)c3ccccc32)cc1. The first-order chi connectivity index (χ1) is 29.8. The Morgan fingerprint density at radius 3 is 0.850 bits per heavy atom. The first-order valence-electron chi connectivity index (χ1n) is 21.1. The molecule has 0 saturated carbocycles. The predicted molar refractivity (Wildman–Crippen MR) is 258 cm³/mol. The highest BCUT2D eigenvalue weighted by Crippen LogP contribution is 2.35. The maximum absolute atomic E-state index is 7.36. The molecule has 4 heterocycles. The number of furan rings is 2. The van der Waals surface area contributed by atoms with E-state index >= 15 is 0 Å². The van der Waals surface area contributed by atoms with Crippen molar-refractivity contribution < 1.29 is 8.83 Å². The summed E-state index contributed by atoms with van der Waals surface area (Å²) in [6.45, 7) is -0.0351. The van der Waals surface area contributed by atoms with E-state index < -0.39 is 0 Å². The van der Waals surface area contributed by atoms with Crippen LogP contribution in [0.1, 0.15) is 0 Å². The van der Waals surface area contributed by atoms with Crippen molar-refractivity contribution in [2.75, 3.05) is 0 Å². The summed E-state index contributed by atoms with van der Waals surface area (Å²) >= 11 is 0.